The molecule has 0 spiro atoms. The Hall–Kier alpha value is -1.56. The van der Waals surface area contributed by atoms with Gasteiger partial charge in [0.2, 0.25) is 0 Å². The summed E-state index contributed by atoms with van der Waals surface area (Å²) < 4.78 is 1.85. The number of likely N-dealkylation sites (N-methyl/N-ethyl adjacent to an activating group) is 1. The summed E-state index contributed by atoms with van der Waals surface area (Å²) >= 11 is 0. The van der Waals surface area contributed by atoms with Gasteiger partial charge in [-0.3, -0.25) is 9.67 Å². The fraction of sp³-hybridized carbons (Fsp3) is 0.750. The summed E-state index contributed by atoms with van der Waals surface area (Å²) in [6, 6.07) is 0.286. The third-order valence-corrected chi connectivity index (χ3v) is 4.48. The highest BCUT2D eigenvalue weighted by Crippen LogP contribution is 2.18. The Balaban J connectivity index is 1.96. The van der Waals surface area contributed by atoms with E-state index < -0.39 is 0 Å². The van der Waals surface area contributed by atoms with Gasteiger partial charge in [0.15, 0.2) is 5.96 Å². The fourth-order valence-corrected chi connectivity index (χ4v) is 2.95. The van der Waals surface area contributed by atoms with Crippen LogP contribution in [0.4, 0.5) is 0 Å². The molecule has 1 fully saturated rings. The molecule has 1 aliphatic heterocycles. The van der Waals surface area contributed by atoms with Crippen molar-refractivity contribution in [3.63, 3.8) is 0 Å². The molecule has 2 heterocycles. The maximum absolute atomic E-state index is 4.46. The first-order valence-electron chi connectivity index (χ1n) is 8.11. The molecule has 1 aliphatic rings. The summed E-state index contributed by atoms with van der Waals surface area (Å²) in [6.07, 6.45) is 6.52. The zero-order valence-corrected chi connectivity index (χ0v) is 14.6. The van der Waals surface area contributed by atoms with Crippen LogP contribution in [0.25, 0.3) is 0 Å². The van der Waals surface area contributed by atoms with Crippen LogP contribution in [0.2, 0.25) is 0 Å². The number of piperidine rings is 1. The molecule has 22 heavy (non-hydrogen) atoms. The van der Waals surface area contributed by atoms with Gasteiger partial charge in [0.25, 0.3) is 0 Å². The molecule has 0 radical (unpaired) electrons. The van der Waals surface area contributed by atoms with Gasteiger partial charge >= 0.3 is 0 Å². The lowest BCUT2D eigenvalue weighted by Crippen LogP contribution is -2.47. The summed E-state index contributed by atoms with van der Waals surface area (Å²) in [6.45, 7) is 5.36. The Morgan fingerprint density at radius 3 is 2.64 bits per heavy atom. The molecule has 6 heteroatoms. The summed E-state index contributed by atoms with van der Waals surface area (Å²) in [5.41, 5.74) is 1.22. The van der Waals surface area contributed by atoms with E-state index in [2.05, 4.69) is 52.4 Å². The highest BCUT2D eigenvalue weighted by Gasteiger charge is 2.21. The van der Waals surface area contributed by atoms with Gasteiger partial charge in [-0.1, -0.05) is 6.92 Å². The van der Waals surface area contributed by atoms with E-state index >= 15 is 0 Å². The van der Waals surface area contributed by atoms with Crippen LogP contribution in [-0.4, -0.2) is 66.3 Å². The minimum absolute atomic E-state index is 0.286. The lowest BCUT2D eigenvalue weighted by atomic mass is 9.99. The summed E-state index contributed by atoms with van der Waals surface area (Å²) in [4.78, 5) is 9.05. The van der Waals surface area contributed by atoms with Gasteiger partial charge in [0.1, 0.15) is 0 Å². The van der Waals surface area contributed by atoms with Gasteiger partial charge < -0.3 is 15.1 Å². The number of nitrogens with one attached hydrogen (secondary N) is 1. The Morgan fingerprint density at radius 2 is 2.14 bits per heavy atom. The lowest BCUT2D eigenvalue weighted by molar-refractivity contribution is 0.264. The van der Waals surface area contributed by atoms with Crippen LogP contribution >= 0.6 is 0 Å². The predicted molar refractivity (Wildman–Crippen MR) is 91.0 cm³/mol. The van der Waals surface area contributed by atoms with Crippen LogP contribution in [0.15, 0.2) is 17.4 Å². The summed E-state index contributed by atoms with van der Waals surface area (Å²) in [5, 5.41) is 7.83. The molecule has 6 nitrogen and oxygen atoms in total. The second kappa shape index (κ2) is 7.63. The fourth-order valence-electron chi connectivity index (χ4n) is 2.95. The molecule has 0 aromatic carbocycles. The molecule has 1 aromatic heterocycles. The number of guanidine groups is 1. The van der Waals surface area contributed by atoms with Crippen molar-refractivity contribution in [3.05, 3.63) is 18.0 Å². The van der Waals surface area contributed by atoms with Gasteiger partial charge in [0.05, 0.1) is 12.2 Å². The van der Waals surface area contributed by atoms with E-state index in [-0.39, 0.29) is 6.04 Å². The topological polar surface area (TPSA) is 48.7 Å². The molecule has 0 aliphatic carbocycles. The summed E-state index contributed by atoms with van der Waals surface area (Å²) in [7, 11) is 8.03. The molecule has 2 rings (SSSR count). The monoisotopic (exact) mass is 306 g/mol. The highest BCUT2D eigenvalue weighted by molar-refractivity contribution is 5.80. The van der Waals surface area contributed by atoms with Crippen LogP contribution in [0.5, 0.6) is 0 Å². The standard InChI is InChI=1S/C16H30N6/c1-13-6-8-22(9-7-13)16(17-2)18-11-15(20(3)4)14-10-19-21(5)12-14/h10,12-13,15H,6-9,11H2,1-5H3,(H,17,18). The van der Waals surface area contributed by atoms with Crippen molar-refractivity contribution in [2.45, 2.75) is 25.8 Å². The van der Waals surface area contributed by atoms with Crippen LogP contribution in [0, 0.1) is 5.92 Å². The molecule has 0 bridgehead atoms. The average molecular weight is 306 g/mol. The largest absolute Gasteiger partial charge is 0.354 e. The molecular formula is C16H30N6. The van der Waals surface area contributed by atoms with E-state index in [1.807, 2.05) is 25.0 Å². The first kappa shape index (κ1) is 16.8. The first-order chi connectivity index (χ1) is 10.5. The number of hydrogen-bond donors (Lipinski definition) is 1. The van der Waals surface area contributed by atoms with E-state index in [1.165, 1.54) is 18.4 Å². The van der Waals surface area contributed by atoms with E-state index in [0.717, 1.165) is 31.5 Å². The Kier molecular flexibility index (Phi) is 5.83. The molecule has 0 saturated carbocycles. The molecule has 124 valence electrons. The highest BCUT2D eigenvalue weighted by atomic mass is 15.3. The molecule has 1 unspecified atom stereocenters. The van der Waals surface area contributed by atoms with Crippen molar-refractivity contribution in [2.24, 2.45) is 18.0 Å². The third kappa shape index (κ3) is 4.22. The third-order valence-electron chi connectivity index (χ3n) is 4.48. The quantitative estimate of drug-likeness (QED) is 0.673. The number of nitrogens with zero attached hydrogens (tertiary/aromatic N) is 5. The molecule has 1 atom stereocenters. The number of rotatable bonds is 4. The number of hydrogen-bond acceptors (Lipinski definition) is 3. The number of likely N-dealkylation sites (tertiary alicyclic amines) is 1. The zero-order chi connectivity index (χ0) is 16.1. The minimum atomic E-state index is 0.286. The van der Waals surface area contributed by atoms with Crippen molar-refractivity contribution in [3.8, 4) is 0 Å². The minimum Gasteiger partial charge on any atom is -0.354 e. The smallest absolute Gasteiger partial charge is 0.193 e. The van der Waals surface area contributed by atoms with E-state index in [1.54, 1.807) is 0 Å². The molecule has 0 amide bonds. The molecule has 1 saturated heterocycles. The Labute approximate surface area is 134 Å². The maximum Gasteiger partial charge on any atom is 0.193 e. The van der Waals surface area contributed by atoms with E-state index in [4.69, 9.17) is 0 Å². The lowest BCUT2D eigenvalue weighted by Gasteiger charge is -2.34. The first-order valence-corrected chi connectivity index (χ1v) is 8.11. The molecule has 1 aromatic rings. The number of aryl methyl sites for hydroxylation is 1. The van der Waals surface area contributed by atoms with Crippen LogP contribution in [-0.2, 0) is 7.05 Å². The van der Waals surface area contributed by atoms with Crippen molar-refractivity contribution >= 4 is 5.96 Å². The van der Waals surface area contributed by atoms with Crippen molar-refractivity contribution < 1.29 is 0 Å². The van der Waals surface area contributed by atoms with Gasteiger partial charge in [-0.25, -0.2) is 0 Å². The number of aromatic nitrogens is 2. The van der Waals surface area contributed by atoms with Gasteiger partial charge in [0, 0.05) is 45.5 Å². The van der Waals surface area contributed by atoms with Crippen molar-refractivity contribution in [2.75, 3.05) is 40.8 Å². The zero-order valence-electron chi connectivity index (χ0n) is 14.6. The normalized spacial score (nSPS) is 18.8. The van der Waals surface area contributed by atoms with Gasteiger partial charge in [-0.2, -0.15) is 5.10 Å². The van der Waals surface area contributed by atoms with Crippen molar-refractivity contribution in [1.82, 2.24) is 24.9 Å². The molecular weight excluding hydrogens is 276 g/mol. The van der Waals surface area contributed by atoms with E-state index in [0.29, 0.717) is 0 Å². The van der Waals surface area contributed by atoms with Gasteiger partial charge in [-0.05, 0) is 32.9 Å². The van der Waals surface area contributed by atoms with Crippen LogP contribution < -0.4 is 5.32 Å². The maximum atomic E-state index is 4.46. The Morgan fingerprint density at radius 1 is 1.45 bits per heavy atom. The van der Waals surface area contributed by atoms with Crippen LogP contribution in [0.1, 0.15) is 31.4 Å². The second-order valence-electron chi connectivity index (χ2n) is 6.52. The predicted octanol–water partition coefficient (Wildman–Crippen LogP) is 1.33. The molecule has 1 N–H and O–H groups in total. The van der Waals surface area contributed by atoms with Crippen LogP contribution in [0.3, 0.4) is 0 Å². The average Bonchev–Trinajstić information content (AvgIpc) is 2.91. The van der Waals surface area contributed by atoms with Gasteiger partial charge in [-0.15, -0.1) is 0 Å². The van der Waals surface area contributed by atoms with E-state index in [9.17, 15) is 0 Å². The van der Waals surface area contributed by atoms with Crippen molar-refractivity contribution in [1.29, 1.82) is 0 Å². The Bertz CT molecular complexity index is 485. The SMILES string of the molecule is CN=C(NCC(c1cnn(C)c1)N(C)C)N1CCC(C)CC1. The summed E-state index contributed by atoms with van der Waals surface area (Å²) in [5.74, 6) is 1.85. The second-order valence-corrected chi connectivity index (χ2v) is 6.52. The number of aliphatic imine (C=N–C) groups is 1.